The molecule has 1 fully saturated rings. The van der Waals surface area contributed by atoms with Gasteiger partial charge < -0.3 is 10.1 Å². The van der Waals surface area contributed by atoms with Crippen LogP contribution in [0.4, 0.5) is 10.5 Å². The third-order valence-electron chi connectivity index (χ3n) is 2.31. The fourth-order valence-electron chi connectivity index (χ4n) is 1.64. The Morgan fingerprint density at radius 1 is 1.47 bits per heavy atom. The highest BCUT2D eigenvalue weighted by atomic mass is 16.5. The number of carbonyl (C=O) groups is 1. The highest BCUT2D eigenvalue weighted by molar-refractivity contribution is 5.94. The van der Waals surface area contributed by atoms with Crippen LogP contribution >= 0.6 is 0 Å². The van der Waals surface area contributed by atoms with Crippen LogP contribution in [0.15, 0.2) is 30.3 Å². The third kappa shape index (κ3) is 2.10. The minimum Gasteiger partial charge on any atom is -0.357 e. The molecule has 1 aliphatic heterocycles. The predicted octanol–water partition coefficient (Wildman–Crippen LogP) is 1.58. The van der Waals surface area contributed by atoms with E-state index < -0.39 is 0 Å². The van der Waals surface area contributed by atoms with E-state index in [2.05, 4.69) is 5.32 Å². The molecule has 4 heteroatoms. The Bertz CT molecular complexity index is 340. The molecule has 2 rings (SSSR count). The van der Waals surface area contributed by atoms with Gasteiger partial charge in [0.2, 0.25) is 0 Å². The number of hydrogen-bond donors (Lipinski definition) is 1. The minimum atomic E-state index is -0.192. The molecule has 0 aliphatic carbocycles. The zero-order valence-corrected chi connectivity index (χ0v) is 8.64. The first-order chi connectivity index (χ1) is 7.31. The van der Waals surface area contributed by atoms with Crippen LogP contribution in [0.5, 0.6) is 0 Å². The molecule has 1 heterocycles. The maximum atomic E-state index is 11.6. The molecule has 1 aromatic rings. The number of ether oxygens (including phenoxy) is 1. The van der Waals surface area contributed by atoms with Crippen molar-refractivity contribution in [2.24, 2.45) is 0 Å². The molecule has 2 amide bonds. The molecule has 1 unspecified atom stereocenters. The first-order valence-electron chi connectivity index (χ1n) is 5.06. The quantitative estimate of drug-likeness (QED) is 0.815. The summed E-state index contributed by atoms with van der Waals surface area (Å²) in [6, 6.07) is 9.48. The molecule has 1 atom stereocenters. The van der Waals surface area contributed by atoms with Crippen molar-refractivity contribution in [2.75, 3.05) is 18.1 Å². The summed E-state index contributed by atoms with van der Waals surface area (Å²) < 4.78 is 5.35. The van der Waals surface area contributed by atoms with Crippen molar-refractivity contribution in [1.82, 2.24) is 5.32 Å². The first kappa shape index (κ1) is 9.98. The molecule has 1 aromatic carbocycles. The smallest absolute Gasteiger partial charge is 0.324 e. The van der Waals surface area contributed by atoms with E-state index in [9.17, 15) is 4.79 Å². The highest BCUT2D eigenvalue weighted by Crippen LogP contribution is 2.17. The number of rotatable bonds is 3. The lowest BCUT2D eigenvalue weighted by Crippen LogP contribution is -2.29. The van der Waals surface area contributed by atoms with E-state index in [1.165, 1.54) is 0 Å². The van der Waals surface area contributed by atoms with E-state index in [0.29, 0.717) is 13.2 Å². The highest BCUT2D eigenvalue weighted by Gasteiger charge is 2.29. The standard InChI is InChI=1S/C11H14N2O2/c1-2-15-10-8-13(11(14)12-10)9-6-4-3-5-7-9/h3-7,10H,2,8H2,1H3,(H,12,14). The maximum absolute atomic E-state index is 11.6. The van der Waals surface area contributed by atoms with Crippen LogP contribution in [0.25, 0.3) is 0 Å². The minimum absolute atomic E-state index is 0.0975. The monoisotopic (exact) mass is 206 g/mol. The second kappa shape index (κ2) is 4.31. The molecule has 15 heavy (non-hydrogen) atoms. The Morgan fingerprint density at radius 2 is 2.20 bits per heavy atom. The Kier molecular flexibility index (Phi) is 2.87. The van der Waals surface area contributed by atoms with Crippen LogP contribution in [0, 0.1) is 0 Å². The van der Waals surface area contributed by atoms with Crippen molar-refractivity contribution in [3.63, 3.8) is 0 Å². The van der Waals surface area contributed by atoms with Crippen molar-refractivity contribution >= 4 is 11.7 Å². The summed E-state index contributed by atoms with van der Waals surface area (Å²) in [5, 5.41) is 2.77. The molecule has 0 aromatic heterocycles. The SMILES string of the molecule is CCOC1CN(c2ccccc2)C(=O)N1. The summed E-state index contributed by atoms with van der Waals surface area (Å²) in [6.07, 6.45) is -0.192. The fourth-order valence-corrected chi connectivity index (χ4v) is 1.64. The number of para-hydroxylation sites is 1. The summed E-state index contributed by atoms with van der Waals surface area (Å²) in [4.78, 5) is 13.3. The van der Waals surface area contributed by atoms with Gasteiger partial charge >= 0.3 is 6.03 Å². The molecular formula is C11H14N2O2. The van der Waals surface area contributed by atoms with Crippen LogP contribution in [0.1, 0.15) is 6.92 Å². The van der Waals surface area contributed by atoms with E-state index in [0.717, 1.165) is 5.69 Å². The molecular weight excluding hydrogens is 192 g/mol. The van der Waals surface area contributed by atoms with E-state index in [1.807, 2.05) is 37.3 Å². The number of anilines is 1. The summed E-state index contributed by atoms with van der Waals surface area (Å²) in [5.74, 6) is 0. The molecule has 4 nitrogen and oxygen atoms in total. The van der Waals surface area contributed by atoms with Gasteiger partial charge in [0.05, 0.1) is 6.54 Å². The van der Waals surface area contributed by atoms with Crippen LogP contribution in [-0.2, 0) is 4.74 Å². The Labute approximate surface area is 88.8 Å². The van der Waals surface area contributed by atoms with Gasteiger partial charge in [0, 0.05) is 12.3 Å². The van der Waals surface area contributed by atoms with Crippen molar-refractivity contribution in [2.45, 2.75) is 13.2 Å². The van der Waals surface area contributed by atoms with Crippen LogP contribution in [0.2, 0.25) is 0 Å². The van der Waals surface area contributed by atoms with Crippen molar-refractivity contribution in [3.8, 4) is 0 Å². The van der Waals surface area contributed by atoms with Crippen molar-refractivity contribution < 1.29 is 9.53 Å². The van der Waals surface area contributed by atoms with Gasteiger partial charge in [0.1, 0.15) is 6.23 Å². The topological polar surface area (TPSA) is 41.6 Å². The molecule has 80 valence electrons. The number of benzene rings is 1. The number of nitrogens with zero attached hydrogens (tertiary/aromatic N) is 1. The summed E-state index contributed by atoms with van der Waals surface area (Å²) in [5.41, 5.74) is 0.900. The van der Waals surface area contributed by atoms with Gasteiger partial charge in [-0.2, -0.15) is 0 Å². The summed E-state index contributed by atoms with van der Waals surface area (Å²) >= 11 is 0. The predicted molar refractivity (Wildman–Crippen MR) is 57.7 cm³/mol. The van der Waals surface area contributed by atoms with Gasteiger partial charge in [0.25, 0.3) is 0 Å². The Balaban J connectivity index is 2.09. The molecule has 0 bridgehead atoms. The number of carbonyl (C=O) groups excluding carboxylic acids is 1. The zero-order chi connectivity index (χ0) is 10.7. The third-order valence-corrected chi connectivity index (χ3v) is 2.31. The lowest BCUT2D eigenvalue weighted by atomic mass is 10.3. The zero-order valence-electron chi connectivity index (χ0n) is 8.64. The van der Waals surface area contributed by atoms with Gasteiger partial charge in [-0.3, -0.25) is 4.90 Å². The molecule has 1 aliphatic rings. The number of amides is 2. The second-order valence-corrected chi connectivity index (χ2v) is 3.34. The molecule has 1 saturated heterocycles. The summed E-state index contributed by atoms with van der Waals surface area (Å²) in [7, 11) is 0. The van der Waals surface area contributed by atoms with Gasteiger partial charge in [-0.1, -0.05) is 18.2 Å². The normalized spacial score (nSPS) is 20.5. The fraction of sp³-hybridized carbons (Fsp3) is 0.364. The van der Waals surface area contributed by atoms with Gasteiger partial charge in [0.15, 0.2) is 0 Å². The summed E-state index contributed by atoms with van der Waals surface area (Å²) in [6.45, 7) is 3.08. The van der Waals surface area contributed by atoms with E-state index in [1.54, 1.807) is 4.90 Å². The molecule has 0 spiro atoms. The lowest BCUT2D eigenvalue weighted by Gasteiger charge is -2.14. The lowest BCUT2D eigenvalue weighted by molar-refractivity contribution is 0.0653. The second-order valence-electron chi connectivity index (χ2n) is 3.34. The Morgan fingerprint density at radius 3 is 2.87 bits per heavy atom. The van der Waals surface area contributed by atoms with E-state index in [-0.39, 0.29) is 12.3 Å². The van der Waals surface area contributed by atoms with Crippen molar-refractivity contribution in [3.05, 3.63) is 30.3 Å². The van der Waals surface area contributed by atoms with Gasteiger partial charge in [-0.15, -0.1) is 0 Å². The van der Waals surface area contributed by atoms with Crippen molar-refractivity contribution in [1.29, 1.82) is 0 Å². The molecule has 1 N–H and O–H groups in total. The average molecular weight is 206 g/mol. The number of nitrogens with one attached hydrogen (secondary N) is 1. The van der Waals surface area contributed by atoms with Gasteiger partial charge in [-0.25, -0.2) is 4.79 Å². The largest absolute Gasteiger partial charge is 0.357 e. The van der Waals surface area contributed by atoms with Crippen LogP contribution in [-0.4, -0.2) is 25.4 Å². The van der Waals surface area contributed by atoms with Crippen LogP contribution < -0.4 is 10.2 Å². The maximum Gasteiger partial charge on any atom is 0.324 e. The average Bonchev–Trinajstić information content (AvgIpc) is 2.61. The molecule has 0 radical (unpaired) electrons. The number of urea groups is 1. The van der Waals surface area contributed by atoms with E-state index >= 15 is 0 Å². The number of hydrogen-bond acceptors (Lipinski definition) is 2. The van der Waals surface area contributed by atoms with Crippen LogP contribution in [0.3, 0.4) is 0 Å². The first-order valence-corrected chi connectivity index (χ1v) is 5.06. The Hall–Kier alpha value is -1.55. The van der Waals surface area contributed by atoms with Gasteiger partial charge in [-0.05, 0) is 19.1 Å². The van der Waals surface area contributed by atoms with E-state index in [4.69, 9.17) is 4.74 Å². The molecule has 0 saturated carbocycles.